The summed E-state index contributed by atoms with van der Waals surface area (Å²) in [6.45, 7) is 0. The van der Waals surface area contributed by atoms with Crippen molar-refractivity contribution in [2.45, 2.75) is 36.7 Å². The Balaban J connectivity index is 1.77. The number of fused-ring (bicyclic) bond motifs is 2. The van der Waals surface area contributed by atoms with Crippen LogP contribution in [0.4, 0.5) is 0 Å². The van der Waals surface area contributed by atoms with Gasteiger partial charge in [-0.25, -0.2) is 0 Å². The summed E-state index contributed by atoms with van der Waals surface area (Å²) in [5.41, 5.74) is 0. The average Bonchev–Trinajstić information content (AvgIpc) is 2.91. The zero-order valence-electron chi connectivity index (χ0n) is 9.88. The van der Waals surface area contributed by atoms with Gasteiger partial charge < -0.3 is 0 Å². The molecular weight excluding hydrogens is 316 g/mol. The number of rotatable bonds is 3. The first kappa shape index (κ1) is 12.6. The van der Waals surface area contributed by atoms with Crippen LogP contribution in [0.5, 0.6) is 0 Å². The summed E-state index contributed by atoms with van der Waals surface area (Å²) in [5, 5.41) is 0. The minimum Gasteiger partial charge on any atom is -0.263 e. The third-order valence-corrected chi connectivity index (χ3v) is 5.90. The largest absolute Gasteiger partial charge is 0.297 e. The van der Waals surface area contributed by atoms with Gasteiger partial charge in [0.15, 0.2) is 0 Å². The SMILES string of the molecule is O=S(=O)(OC1CC2CCC1C2)c1ccc(Br)cc1. The van der Waals surface area contributed by atoms with E-state index in [1.807, 2.05) is 0 Å². The van der Waals surface area contributed by atoms with Crippen molar-refractivity contribution in [3.63, 3.8) is 0 Å². The van der Waals surface area contributed by atoms with E-state index in [-0.39, 0.29) is 11.0 Å². The highest BCUT2D eigenvalue weighted by Crippen LogP contribution is 2.46. The van der Waals surface area contributed by atoms with E-state index in [0.717, 1.165) is 23.7 Å². The van der Waals surface area contributed by atoms with E-state index in [1.165, 1.54) is 6.42 Å². The number of halogens is 1. The lowest BCUT2D eigenvalue weighted by Gasteiger charge is -2.21. The Hall–Kier alpha value is -0.390. The van der Waals surface area contributed by atoms with Gasteiger partial charge in [0.1, 0.15) is 0 Å². The minimum atomic E-state index is -3.60. The lowest BCUT2D eigenvalue weighted by Crippen LogP contribution is -2.24. The molecule has 0 saturated heterocycles. The third kappa shape index (κ3) is 2.36. The van der Waals surface area contributed by atoms with Crippen LogP contribution in [-0.2, 0) is 14.3 Å². The van der Waals surface area contributed by atoms with Crippen LogP contribution in [0.25, 0.3) is 0 Å². The smallest absolute Gasteiger partial charge is 0.263 e. The molecule has 0 spiro atoms. The quantitative estimate of drug-likeness (QED) is 0.798. The molecule has 0 heterocycles. The summed E-state index contributed by atoms with van der Waals surface area (Å²) in [6.07, 6.45) is 4.30. The van der Waals surface area contributed by atoms with Crippen molar-refractivity contribution >= 4 is 26.0 Å². The molecule has 5 heteroatoms. The molecule has 0 radical (unpaired) electrons. The van der Waals surface area contributed by atoms with Gasteiger partial charge in [0.05, 0.1) is 11.0 Å². The predicted octanol–water partition coefficient (Wildman–Crippen LogP) is 3.34. The van der Waals surface area contributed by atoms with Crippen LogP contribution in [-0.4, -0.2) is 14.5 Å². The Labute approximate surface area is 116 Å². The molecule has 2 bridgehead atoms. The fraction of sp³-hybridized carbons (Fsp3) is 0.538. The molecule has 3 atom stereocenters. The monoisotopic (exact) mass is 330 g/mol. The van der Waals surface area contributed by atoms with E-state index in [2.05, 4.69) is 15.9 Å². The standard InChI is InChI=1S/C13H15BrO3S/c14-11-3-5-12(6-4-11)18(15,16)17-13-8-9-1-2-10(13)7-9/h3-6,9-10,13H,1-2,7-8H2. The van der Waals surface area contributed by atoms with E-state index < -0.39 is 10.1 Å². The fourth-order valence-corrected chi connectivity index (χ4v) is 4.53. The molecule has 3 unspecified atom stereocenters. The number of benzene rings is 1. The Morgan fingerprint density at radius 1 is 1.11 bits per heavy atom. The van der Waals surface area contributed by atoms with Crippen molar-refractivity contribution in [3.05, 3.63) is 28.7 Å². The maximum Gasteiger partial charge on any atom is 0.297 e. The van der Waals surface area contributed by atoms with Crippen molar-refractivity contribution in [2.24, 2.45) is 11.8 Å². The highest BCUT2D eigenvalue weighted by molar-refractivity contribution is 9.10. The van der Waals surface area contributed by atoms with Crippen molar-refractivity contribution < 1.29 is 12.6 Å². The molecular formula is C13H15BrO3S. The highest BCUT2D eigenvalue weighted by atomic mass is 79.9. The first-order valence-electron chi connectivity index (χ1n) is 6.23. The van der Waals surface area contributed by atoms with Gasteiger partial charge in [0.25, 0.3) is 10.1 Å². The number of hydrogen-bond donors (Lipinski definition) is 0. The van der Waals surface area contributed by atoms with Gasteiger partial charge in [0, 0.05) is 4.47 Å². The summed E-state index contributed by atoms with van der Waals surface area (Å²) < 4.78 is 30.6. The van der Waals surface area contributed by atoms with Gasteiger partial charge in [0.2, 0.25) is 0 Å². The number of hydrogen-bond acceptors (Lipinski definition) is 3. The maximum absolute atomic E-state index is 12.1. The Kier molecular flexibility index (Phi) is 3.24. The molecule has 98 valence electrons. The molecule has 2 aliphatic rings. The lowest BCUT2D eigenvalue weighted by molar-refractivity contribution is 0.145. The molecule has 18 heavy (non-hydrogen) atoms. The van der Waals surface area contributed by atoms with Crippen molar-refractivity contribution in [1.29, 1.82) is 0 Å². The third-order valence-electron chi connectivity index (χ3n) is 4.03. The van der Waals surface area contributed by atoms with E-state index >= 15 is 0 Å². The van der Waals surface area contributed by atoms with Gasteiger partial charge in [-0.2, -0.15) is 8.42 Å². The molecule has 2 aliphatic carbocycles. The van der Waals surface area contributed by atoms with E-state index in [9.17, 15) is 8.42 Å². The van der Waals surface area contributed by atoms with Crippen LogP contribution in [0.2, 0.25) is 0 Å². The minimum absolute atomic E-state index is 0.0996. The molecule has 1 aromatic carbocycles. The van der Waals surface area contributed by atoms with Crippen LogP contribution in [0.1, 0.15) is 25.7 Å². The fourth-order valence-electron chi connectivity index (χ4n) is 3.12. The second-order valence-electron chi connectivity index (χ2n) is 5.22. The summed E-state index contributed by atoms with van der Waals surface area (Å²) >= 11 is 3.29. The van der Waals surface area contributed by atoms with Gasteiger partial charge in [-0.15, -0.1) is 0 Å². The highest BCUT2D eigenvalue weighted by Gasteiger charge is 2.42. The predicted molar refractivity (Wildman–Crippen MR) is 71.6 cm³/mol. The summed E-state index contributed by atoms with van der Waals surface area (Å²) in [4.78, 5) is 0.244. The van der Waals surface area contributed by atoms with Crippen molar-refractivity contribution in [1.82, 2.24) is 0 Å². The van der Waals surface area contributed by atoms with Crippen LogP contribution >= 0.6 is 15.9 Å². The van der Waals surface area contributed by atoms with Gasteiger partial charge in [-0.05, 0) is 61.8 Å². The molecule has 1 aromatic rings. The summed E-state index contributed by atoms with van der Waals surface area (Å²) in [5.74, 6) is 1.13. The summed E-state index contributed by atoms with van der Waals surface area (Å²) in [7, 11) is -3.60. The first-order valence-corrected chi connectivity index (χ1v) is 8.43. The summed E-state index contributed by atoms with van der Waals surface area (Å²) in [6, 6.07) is 6.59. The van der Waals surface area contributed by atoms with Crippen molar-refractivity contribution in [2.75, 3.05) is 0 Å². The zero-order chi connectivity index (χ0) is 12.8. The van der Waals surface area contributed by atoms with Gasteiger partial charge in [-0.1, -0.05) is 15.9 Å². The lowest BCUT2D eigenvalue weighted by atomic mass is 9.98. The zero-order valence-corrected chi connectivity index (χ0v) is 12.3. The molecule has 0 amide bonds. The Morgan fingerprint density at radius 3 is 2.39 bits per heavy atom. The molecule has 0 N–H and O–H groups in total. The molecule has 3 nitrogen and oxygen atoms in total. The van der Waals surface area contributed by atoms with Crippen LogP contribution in [0.15, 0.2) is 33.6 Å². The Morgan fingerprint density at radius 2 is 1.83 bits per heavy atom. The molecule has 0 aromatic heterocycles. The molecule has 0 aliphatic heterocycles. The molecule has 2 fully saturated rings. The maximum atomic E-state index is 12.1. The van der Waals surface area contributed by atoms with Crippen LogP contribution in [0.3, 0.4) is 0 Å². The second-order valence-corrected chi connectivity index (χ2v) is 7.71. The average molecular weight is 331 g/mol. The van der Waals surface area contributed by atoms with Crippen molar-refractivity contribution in [3.8, 4) is 0 Å². The van der Waals surface area contributed by atoms with E-state index in [1.54, 1.807) is 24.3 Å². The van der Waals surface area contributed by atoms with Crippen LogP contribution < -0.4 is 0 Å². The molecule has 3 rings (SSSR count). The topological polar surface area (TPSA) is 43.4 Å². The second kappa shape index (κ2) is 4.62. The van der Waals surface area contributed by atoms with E-state index in [4.69, 9.17) is 4.18 Å². The van der Waals surface area contributed by atoms with Gasteiger partial charge >= 0.3 is 0 Å². The Bertz CT molecular complexity index is 538. The molecule has 2 saturated carbocycles. The van der Waals surface area contributed by atoms with Gasteiger partial charge in [-0.3, -0.25) is 4.18 Å². The van der Waals surface area contributed by atoms with E-state index in [0.29, 0.717) is 11.8 Å². The normalized spacial score (nSPS) is 30.8. The van der Waals surface area contributed by atoms with Crippen LogP contribution in [0, 0.1) is 11.8 Å². The first-order chi connectivity index (χ1) is 8.54.